The van der Waals surface area contributed by atoms with E-state index in [9.17, 15) is 9.59 Å². The molecule has 24 heavy (non-hydrogen) atoms. The number of carbonyl (C=O) groups excluding carboxylic acids is 2. The molecule has 0 saturated heterocycles. The summed E-state index contributed by atoms with van der Waals surface area (Å²) in [5, 5.41) is 6.60. The highest BCUT2D eigenvalue weighted by molar-refractivity contribution is 5.97. The van der Waals surface area contributed by atoms with Crippen LogP contribution in [-0.2, 0) is 4.79 Å². The number of carbonyl (C=O) groups is 2. The summed E-state index contributed by atoms with van der Waals surface area (Å²) in [6, 6.07) is 11.0. The van der Waals surface area contributed by atoms with Crippen molar-refractivity contribution in [2.24, 2.45) is 5.73 Å². The first-order chi connectivity index (χ1) is 11.6. The average molecular weight is 322 g/mol. The molecule has 2 aromatic heterocycles. The number of primary amides is 1. The van der Waals surface area contributed by atoms with Crippen molar-refractivity contribution in [2.45, 2.75) is 6.04 Å². The zero-order valence-corrected chi connectivity index (χ0v) is 12.5. The fourth-order valence-corrected chi connectivity index (χ4v) is 2.19. The van der Waals surface area contributed by atoms with Crippen LogP contribution in [0.1, 0.15) is 22.0 Å². The molecule has 0 aliphatic heterocycles. The number of benzene rings is 1. The summed E-state index contributed by atoms with van der Waals surface area (Å²) in [4.78, 5) is 32.1. The van der Waals surface area contributed by atoms with Crippen LogP contribution in [0.3, 0.4) is 0 Å². The number of nitrogens with one attached hydrogen (secondary N) is 1. The lowest BCUT2D eigenvalue weighted by Crippen LogP contribution is -2.37. The highest BCUT2D eigenvalue weighted by atomic mass is 16.2. The Hall–Kier alpha value is -3.55. The van der Waals surface area contributed by atoms with Crippen molar-refractivity contribution in [2.75, 3.05) is 0 Å². The van der Waals surface area contributed by atoms with E-state index >= 15 is 0 Å². The first-order valence-corrected chi connectivity index (χ1v) is 7.11. The number of pyridine rings is 1. The van der Waals surface area contributed by atoms with Crippen molar-refractivity contribution < 1.29 is 9.59 Å². The Morgan fingerprint density at radius 2 is 1.96 bits per heavy atom. The Bertz CT molecular complexity index is 848. The summed E-state index contributed by atoms with van der Waals surface area (Å²) >= 11 is 0. The van der Waals surface area contributed by atoms with E-state index in [1.807, 2.05) is 6.07 Å². The molecule has 2 heterocycles. The molecule has 0 radical (unpaired) electrons. The second-order valence-corrected chi connectivity index (χ2v) is 4.96. The van der Waals surface area contributed by atoms with Gasteiger partial charge in [-0.3, -0.25) is 9.59 Å². The first kappa shape index (κ1) is 15.3. The van der Waals surface area contributed by atoms with Gasteiger partial charge >= 0.3 is 0 Å². The molecule has 0 unspecified atom stereocenters. The van der Waals surface area contributed by atoms with Crippen LogP contribution in [-0.4, -0.2) is 31.6 Å². The van der Waals surface area contributed by atoms with Crippen LogP contribution in [0.5, 0.6) is 0 Å². The molecule has 0 aliphatic rings. The fourth-order valence-electron chi connectivity index (χ4n) is 2.19. The molecule has 8 nitrogen and oxygen atoms in total. The van der Waals surface area contributed by atoms with Gasteiger partial charge in [-0.05, 0) is 17.7 Å². The SMILES string of the molecule is NC(=O)[C@@H](NC(=O)c1ccnc(-n2cncn2)c1)c1ccccc1. The Kier molecular flexibility index (Phi) is 4.28. The quantitative estimate of drug-likeness (QED) is 0.714. The zero-order chi connectivity index (χ0) is 16.9. The molecule has 2 amide bonds. The summed E-state index contributed by atoms with van der Waals surface area (Å²) < 4.78 is 1.43. The molecular formula is C16H14N6O2. The van der Waals surface area contributed by atoms with Crippen molar-refractivity contribution in [1.29, 1.82) is 0 Å². The molecule has 3 aromatic rings. The van der Waals surface area contributed by atoms with Crippen molar-refractivity contribution in [3.63, 3.8) is 0 Å². The van der Waals surface area contributed by atoms with Gasteiger partial charge < -0.3 is 11.1 Å². The molecule has 0 fully saturated rings. The lowest BCUT2D eigenvalue weighted by molar-refractivity contribution is -0.120. The van der Waals surface area contributed by atoms with Crippen molar-refractivity contribution >= 4 is 11.8 Å². The molecule has 0 bridgehead atoms. The van der Waals surface area contributed by atoms with Crippen LogP contribution in [0.15, 0.2) is 61.3 Å². The number of amides is 2. The topological polar surface area (TPSA) is 116 Å². The van der Waals surface area contributed by atoms with Crippen LogP contribution < -0.4 is 11.1 Å². The second kappa shape index (κ2) is 6.69. The van der Waals surface area contributed by atoms with Gasteiger partial charge in [0.05, 0.1) is 0 Å². The molecule has 1 atom stereocenters. The largest absolute Gasteiger partial charge is 0.368 e. The number of hydrogen-bond donors (Lipinski definition) is 2. The van der Waals surface area contributed by atoms with E-state index in [4.69, 9.17) is 5.73 Å². The minimum atomic E-state index is -0.915. The minimum Gasteiger partial charge on any atom is -0.368 e. The van der Waals surface area contributed by atoms with E-state index in [-0.39, 0.29) is 0 Å². The third kappa shape index (κ3) is 3.27. The summed E-state index contributed by atoms with van der Waals surface area (Å²) in [6.45, 7) is 0. The van der Waals surface area contributed by atoms with E-state index in [2.05, 4.69) is 20.4 Å². The van der Waals surface area contributed by atoms with Crippen LogP contribution in [0.25, 0.3) is 5.82 Å². The predicted molar refractivity (Wildman–Crippen MR) is 85.0 cm³/mol. The average Bonchev–Trinajstić information content (AvgIpc) is 3.15. The van der Waals surface area contributed by atoms with Crippen LogP contribution in [0.4, 0.5) is 0 Å². The molecule has 1 aromatic carbocycles. The van der Waals surface area contributed by atoms with E-state index in [0.717, 1.165) is 0 Å². The highest BCUT2D eigenvalue weighted by Gasteiger charge is 2.21. The van der Waals surface area contributed by atoms with E-state index < -0.39 is 17.9 Å². The van der Waals surface area contributed by atoms with Crippen molar-refractivity contribution in [1.82, 2.24) is 25.1 Å². The van der Waals surface area contributed by atoms with Crippen molar-refractivity contribution in [3.05, 3.63) is 72.4 Å². The number of hydrogen-bond acceptors (Lipinski definition) is 5. The van der Waals surface area contributed by atoms with Gasteiger partial charge in [0, 0.05) is 11.8 Å². The molecule has 3 rings (SSSR count). The van der Waals surface area contributed by atoms with Crippen LogP contribution >= 0.6 is 0 Å². The Morgan fingerprint density at radius 1 is 1.17 bits per heavy atom. The maximum absolute atomic E-state index is 12.5. The summed E-state index contributed by atoms with van der Waals surface area (Å²) in [5.41, 5.74) is 6.36. The maximum atomic E-state index is 12.5. The minimum absolute atomic E-state index is 0.331. The van der Waals surface area contributed by atoms with Gasteiger partial charge in [-0.1, -0.05) is 30.3 Å². The van der Waals surface area contributed by atoms with Gasteiger partial charge in [0.1, 0.15) is 18.7 Å². The summed E-state index contributed by atoms with van der Waals surface area (Å²) in [5.74, 6) is -0.637. The monoisotopic (exact) mass is 322 g/mol. The Morgan fingerprint density at radius 3 is 2.62 bits per heavy atom. The first-order valence-electron chi connectivity index (χ1n) is 7.11. The van der Waals surface area contributed by atoms with Gasteiger partial charge in [-0.25, -0.2) is 14.6 Å². The van der Waals surface area contributed by atoms with Crippen molar-refractivity contribution in [3.8, 4) is 5.82 Å². The van der Waals surface area contributed by atoms with Crippen LogP contribution in [0, 0.1) is 0 Å². The van der Waals surface area contributed by atoms with Gasteiger partial charge in [0.25, 0.3) is 5.91 Å². The second-order valence-electron chi connectivity index (χ2n) is 4.96. The fraction of sp³-hybridized carbons (Fsp3) is 0.0625. The van der Waals surface area contributed by atoms with Gasteiger partial charge in [0.2, 0.25) is 5.91 Å². The highest BCUT2D eigenvalue weighted by Crippen LogP contribution is 2.14. The van der Waals surface area contributed by atoms with E-state index in [1.165, 1.54) is 23.5 Å². The molecule has 8 heteroatoms. The number of nitrogens with two attached hydrogens (primary N) is 1. The molecule has 120 valence electrons. The predicted octanol–water partition coefficient (Wildman–Crippen LogP) is 0.619. The molecular weight excluding hydrogens is 308 g/mol. The lowest BCUT2D eigenvalue weighted by atomic mass is 10.1. The Labute approximate surface area is 137 Å². The zero-order valence-electron chi connectivity index (χ0n) is 12.5. The molecule has 0 saturated carbocycles. The third-order valence-corrected chi connectivity index (χ3v) is 3.35. The molecule has 0 aliphatic carbocycles. The molecule has 3 N–H and O–H groups in total. The molecule has 0 spiro atoms. The van der Waals surface area contributed by atoms with E-state index in [0.29, 0.717) is 16.9 Å². The summed E-state index contributed by atoms with van der Waals surface area (Å²) in [7, 11) is 0. The van der Waals surface area contributed by atoms with Gasteiger partial charge in [0.15, 0.2) is 5.82 Å². The number of nitrogens with zero attached hydrogens (tertiary/aromatic N) is 4. The third-order valence-electron chi connectivity index (χ3n) is 3.35. The number of aromatic nitrogens is 4. The van der Waals surface area contributed by atoms with Gasteiger partial charge in [-0.15, -0.1) is 0 Å². The standard InChI is InChI=1S/C16H14N6O2/c17-15(23)14(11-4-2-1-3-5-11)21-16(24)12-6-7-19-13(8-12)22-10-18-9-20-22/h1-10,14H,(H2,17,23)(H,21,24)/t14-/m0/s1. The normalized spacial score (nSPS) is 11.7. The lowest BCUT2D eigenvalue weighted by Gasteiger charge is -2.16. The summed E-state index contributed by atoms with van der Waals surface area (Å²) in [6.07, 6.45) is 4.32. The van der Waals surface area contributed by atoms with Crippen LogP contribution in [0.2, 0.25) is 0 Å². The van der Waals surface area contributed by atoms with Gasteiger partial charge in [-0.2, -0.15) is 5.10 Å². The smallest absolute Gasteiger partial charge is 0.252 e. The maximum Gasteiger partial charge on any atom is 0.252 e. The Balaban J connectivity index is 1.84. The number of rotatable bonds is 5. The van der Waals surface area contributed by atoms with E-state index in [1.54, 1.807) is 36.4 Å².